The van der Waals surface area contributed by atoms with Crippen LogP contribution in [0.3, 0.4) is 0 Å². The van der Waals surface area contributed by atoms with Crippen molar-refractivity contribution in [3.8, 4) is 0 Å². The zero-order valence-corrected chi connectivity index (χ0v) is 16.8. The van der Waals surface area contributed by atoms with Crippen molar-refractivity contribution in [2.45, 2.75) is 30.0 Å². The summed E-state index contributed by atoms with van der Waals surface area (Å²) in [5.74, 6) is -0.469. The van der Waals surface area contributed by atoms with E-state index >= 15 is 0 Å². The summed E-state index contributed by atoms with van der Waals surface area (Å²) in [7, 11) is -3.52. The molecule has 0 aliphatic carbocycles. The van der Waals surface area contributed by atoms with E-state index in [1.54, 1.807) is 23.6 Å². The highest BCUT2D eigenvalue weighted by molar-refractivity contribution is 7.91. The van der Waals surface area contributed by atoms with Gasteiger partial charge in [0.25, 0.3) is 10.0 Å². The molecule has 26 heavy (non-hydrogen) atoms. The van der Waals surface area contributed by atoms with Gasteiger partial charge in [-0.15, -0.1) is 11.3 Å². The summed E-state index contributed by atoms with van der Waals surface area (Å²) in [5.41, 5.74) is 0.921. The molecular weight excluding hydrogens is 392 g/mol. The lowest BCUT2D eigenvalue weighted by molar-refractivity contribution is -0.126. The van der Waals surface area contributed by atoms with Crippen LogP contribution < -0.4 is 5.32 Å². The van der Waals surface area contributed by atoms with Crippen molar-refractivity contribution in [3.05, 3.63) is 52.4 Å². The van der Waals surface area contributed by atoms with Crippen molar-refractivity contribution < 1.29 is 13.2 Å². The van der Waals surface area contributed by atoms with Gasteiger partial charge in [-0.1, -0.05) is 29.8 Å². The van der Waals surface area contributed by atoms with Gasteiger partial charge in [0, 0.05) is 18.1 Å². The Balaban J connectivity index is 1.66. The Bertz CT molecular complexity index is 868. The van der Waals surface area contributed by atoms with Gasteiger partial charge in [0.2, 0.25) is 5.91 Å². The van der Waals surface area contributed by atoms with Crippen LogP contribution in [-0.4, -0.2) is 31.7 Å². The summed E-state index contributed by atoms with van der Waals surface area (Å²) in [4.78, 5) is 12.7. The van der Waals surface area contributed by atoms with Gasteiger partial charge in [-0.2, -0.15) is 4.31 Å². The van der Waals surface area contributed by atoms with Crippen molar-refractivity contribution in [2.75, 3.05) is 13.1 Å². The Morgan fingerprint density at radius 3 is 2.85 bits per heavy atom. The largest absolute Gasteiger partial charge is 0.349 e. The third-order valence-corrected chi connectivity index (χ3v) is 8.02. The van der Waals surface area contributed by atoms with Crippen LogP contribution in [0, 0.1) is 5.92 Å². The van der Waals surface area contributed by atoms with E-state index in [4.69, 9.17) is 11.6 Å². The molecule has 2 heterocycles. The van der Waals surface area contributed by atoms with Gasteiger partial charge in [-0.3, -0.25) is 4.79 Å². The van der Waals surface area contributed by atoms with Crippen LogP contribution in [0.25, 0.3) is 0 Å². The molecule has 0 saturated carbocycles. The molecule has 1 amide bonds. The SMILES string of the molecule is C[C@@H](NC(=O)[C@@H]1CCCN(S(=O)(=O)c2cccs2)C1)c1cccc(Cl)c1. The molecule has 2 aromatic rings. The highest BCUT2D eigenvalue weighted by atomic mass is 35.5. The van der Waals surface area contributed by atoms with Gasteiger partial charge < -0.3 is 5.32 Å². The van der Waals surface area contributed by atoms with Crippen LogP contribution in [0.1, 0.15) is 31.4 Å². The number of sulfonamides is 1. The molecule has 0 spiro atoms. The van der Waals surface area contributed by atoms with E-state index in [2.05, 4.69) is 5.32 Å². The molecule has 1 N–H and O–H groups in total. The van der Waals surface area contributed by atoms with Crippen molar-refractivity contribution >= 4 is 38.9 Å². The Morgan fingerprint density at radius 2 is 2.15 bits per heavy atom. The molecule has 1 aromatic heterocycles. The quantitative estimate of drug-likeness (QED) is 0.814. The molecule has 3 rings (SSSR count). The van der Waals surface area contributed by atoms with E-state index < -0.39 is 10.0 Å². The molecule has 1 aliphatic heterocycles. The summed E-state index contributed by atoms with van der Waals surface area (Å²) in [6.45, 7) is 2.56. The summed E-state index contributed by atoms with van der Waals surface area (Å²) >= 11 is 7.21. The van der Waals surface area contributed by atoms with Gasteiger partial charge in [0.05, 0.1) is 12.0 Å². The number of nitrogens with zero attached hydrogens (tertiary/aromatic N) is 1. The zero-order chi connectivity index (χ0) is 18.7. The molecule has 1 aliphatic rings. The molecule has 1 aromatic carbocycles. The molecule has 140 valence electrons. The number of nitrogens with one attached hydrogen (secondary N) is 1. The van der Waals surface area contributed by atoms with Crippen molar-refractivity contribution in [2.24, 2.45) is 5.92 Å². The van der Waals surface area contributed by atoms with Crippen LogP contribution in [0.4, 0.5) is 0 Å². The molecule has 0 unspecified atom stereocenters. The Kier molecular flexibility index (Phi) is 6.02. The fourth-order valence-electron chi connectivity index (χ4n) is 3.10. The second kappa shape index (κ2) is 8.08. The number of amides is 1. The minimum absolute atomic E-state index is 0.122. The predicted molar refractivity (Wildman–Crippen MR) is 104 cm³/mol. The van der Waals surface area contributed by atoms with Crippen molar-refractivity contribution in [3.63, 3.8) is 0 Å². The average Bonchev–Trinajstić information content (AvgIpc) is 3.17. The van der Waals surface area contributed by atoms with E-state index in [0.29, 0.717) is 28.6 Å². The first kappa shape index (κ1) is 19.4. The molecule has 5 nitrogen and oxygen atoms in total. The molecule has 1 saturated heterocycles. The van der Waals surface area contributed by atoms with E-state index in [-0.39, 0.29) is 24.4 Å². The standard InChI is InChI=1S/C18H21ClN2O3S2/c1-13(14-5-2-7-16(19)11-14)20-18(22)15-6-3-9-21(12-15)26(23,24)17-8-4-10-25-17/h2,4-5,7-8,10-11,13,15H,3,6,9,12H2,1H3,(H,20,22)/t13-,15-/m1/s1. The minimum atomic E-state index is -3.52. The van der Waals surface area contributed by atoms with Crippen LogP contribution in [-0.2, 0) is 14.8 Å². The summed E-state index contributed by atoms with van der Waals surface area (Å²) in [6.07, 6.45) is 1.36. The van der Waals surface area contributed by atoms with Gasteiger partial charge in [0.15, 0.2) is 0 Å². The Hall–Kier alpha value is -1.41. The summed E-state index contributed by atoms with van der Waals surface area (Å²) < 4.78 is 27.1. The van der Waals surface area contributed by atoms with E-state index in [0.717, 1.165) is 5.56 Å². The topological polar surface area (TPSA) is 66.5 Å². The highest BCUT2D eigenvalue weighted by Crippen LogP contribution is 2.27. The number of halogens is 1. The maximum atomic E-state index is 12.7. The maximum Gasteiger partial charge on any atom is 0.252 e. The van der Waals surface area contributed by atoms with Gasteiger partial charge in [0.1, 0.15) is 4.21 Å². The Morgan fingerprint density at radius 1 is 1.35 bits per heavy atom. The second-order valence-corrected chi connectivity index (χ2v) is 9.97. The lowest BCUT2D eigenvalue weighted by atomic mass is 9.98. The normalized spacial score (nSPS) is 19.8. The number of hydrogen-bond acceptors (Lipinski definition) is 4. The first-order valence-electron chi connectivity index (χ1n) is 8.47. The summed E-state index contributed by atoms with van der Waals surface area (Å²) in [5, 5.41) is 5.35. The average molecular weight is 413 g/mol. The van der Waals surface area contributed by atoms with Gasteiger partial charge in [-0.05, 0) is 48.9 Å². The molecule has 1 fully saturated rings. The molecule has 0 bridgehead atoms. The van der Waals surface area contributed by atoms with Crippen LogP contribution in [0.15, 0.2) is 46.0 Å². The number of rotatable bonds is 5. The fraction of sp³-hybridized carbons (Fsp3) is 0.389. The van der Waals surface area contributed by atoms with E-state index in [9.17, 15) is 13.2 Å². The van der Waals surface area contributed by atoms with E-state index in [1.165, 1.54) is 15.6 Å². The van der Waals surface area contributed by atoms with Crippen molar-refractivity contribution in [1.82, 2.24) is 9.62 Å². The number of hydrogen-bond donors (Lipinski definition) is 1. The first-order valence-corrected chi connectivity index (χ1v) is 11.2. The third kappa shape index (κ3) is 4.28. The van der Waals surface area contributed by atoms with E-state index in [1.807, 2.05) is 25.1 Å². The smallest absolute Gasteiger partial charge is 0.252 e. The molecule has 8 heteroatoms. The number of benzene rings is 1. The fourth-order valence-corrected chi connectivity index (χ4v) is 5.97. The lowest BCUT2D eigenvalue weighted by Crippen LogP contribution is -2.45. The number of thiophene rings is 1. The molecule has 0 radical (unpaired) electrons. The maximum absolute atomic E-state index is 12.7. The third-order valence-electron chi connectivity index (χ3n) is 4.55. The van der Waals surface area contributed by atoms with Gasteiger partial charge in [-0.25, -0.2) is 8.42 Å². The monoisotopic (exact) mass is 412 g/mol. The Labute approximate surface area is 163 Å². The van der Waals surface area contributed by atoms with Crippen LogP contribution >= 0.6 is 22.9 Å². The zero-order valence-electron chi connectivity index (χ0n) is 14.4. The van der Waals surface area contributed by atoms with Crippen LogP contribution in [0.2, 0.25) is 5.02 Å². The first-order chi connectivity index (χ1) is 12.4. The van der Waals surface area contributed by atoms with Crippen LogP contribution in [0.5, 0.6) is 0 Å². The lowest BCUT2D eigenvalue weighted by Gasteiger charge is -2.31. The number of carbonyl (C=O) groups is 1. The molecular formula is C18H21ClN2O3S2. The number of piperidine rings is 1. The second-order valence-electron chi connectivity index (χ2n) is 6.42. The number of carbonyl (C=O) groups excluding carboxylic acids is 1. The summed E-state index contributed by atoms with van der Waals surface area (Å²) in [6, 6.07) is 10.5. The van der Waals surface area contributed by atoms with Crippen molar-refractivity contribution in [1.29, 1.82) is 0 Å². The highest BCUT2D eigenvalue weighted by Gasteiger charge is 2.34. The molecule has 2 atom stereocenters. The minimum Gasteiger partial charge on any atom is -0.349 e. The predicted octanol–water partition coefficient (Wildman–Crippen LogP) is 3.68. The van der Waals surface area contributed by atoms with Gasteiger partial charge >= 0.3 is 0 Å².